The van der Waals surface area contributed by atoms with Crippen LogP contribution in [0.2, 0.25) is 0 Å². The van der Waals surface area contributed by atoms with Crippen LogP contribution < -0.4 is 0 Å². The molecule has 6 heteroatoms. The van der Waals surface area contributed by atoms with E-state index in [9.17, 15) is 4.79 Å². The molecule has 4 nitrogen and oxygen atoms in total. The summed E-state index contributed by atoms with van der Waals surface area (Å²) in [5, 5.41) is 1.91. The molecule has 2 aromatic carbocycles. The number of rotatable bonds is 3. The number of benzene rings is 2. The Morgan fingerprint density at radius 1 is 0.964 bits per heavy atom. The molecule has 1 atom stereocenters. The second kappa shape index (κ2) is 7.45. The van der Waals surface area contributed by atoms with Crippen molar-refractivity contribution in [1.29, 1.82) is 0 Å². The Hall–Kier alpha value is -2.57. The summed E-state index contributed by atoms with van der Waals surface area (Å²) < 4.78 is 2.32. The fraction of sp³-hybridized carbons (Fsp3) is 0.227. The van der Waals surface area contributed by atoms with Crippen LogP contribution in [-0.4, -0.2) is 27.3 Å². The Morgan fingerprint density at radius 3 is 2.43 bits per heavy atom. The largest absolute Gasteiger partial charge is 0.330 e. The third-order valence-electron chi connectivity index (χ3n) is 5.06. The number of aromatic nitrogens is 2. The van der Waals surface area contributed by atoms with E-state index in [4.69, 9.17) is 4.98 Å². The molecule has 1 aliphatic rings. The van der Waals surface area contributed by atoms with Gasteiger partial charge in [-0.1, -0.05) is 24.3 Å². The summed E-state index contributed by atoms with van der Waals surface area (Å²) in [5.41, 5.74) is 2.00. The van der Waals surface area contributed by atoms with Gasteiger partial charge in [-0.3, -0.25) is 4.79 Å². The van der Waals surface area contributed by atoms with Crippen molar-refractivity contribution in [1.82, 2.24) is 14.9 Å². The molecule has 0 aliphatic carbocycles. The van der Waals surface area contributed by atoms with Crippen molar-refractivity contribution in [2.24, 2.45) is 0 Å². The van der Waals surface area contributed by atoms with E-state index in [1.807, 2.05) is 47.4 Å². The quantitative estimate of drug-likeness (QED) is 0.412. The molecule has 0 saturated carbocycles. The van der Waals surface area contributed by atoms with Gasteiger partial charge in [0, 0.05) is 12.6 Å². The minimum Gasteiger partial charge on any atom is -0.330 e. The van der Waals surface area contributed by atoms with Gasteiger partial charge in [0.2, 0.25) is 5.91 Å². The monoisotopic (exact) mass is 405 g/mol. The number of hydrogen-bond acceptors (Lipinski definition) is 5. The molecule has 5 rings (SSSR count). The van der Waals surface area contributed by atoms with Crippen molar-refractivity contribution in [3.05, 3.63) is 64.6 Å². The van der Waals surface area contributed by atoms with Gasteiger partial charge in [-0.15, -0.1) is 22.7 Å². The van der Waals surface area contributed by atoms with Gasteiger partial charge < -0.3 is 4.90 Å². The average molecular weight is 406 g/mol. The van der Waals surface area contributed by atoms with Crippen LogP contribution >= 0.6 is 22.7 Å². The van der Waals surface area contributed by atoms with E-state index in [1.54, 1.807) is 28.7 Å². The molecule has 1 saturated heterocycles. The van der Waals surface area contributed by atoms with Crippen LogP contribution in [0.5, 0.6) is 0 Å². The van der Waals surface area contributed by atoms with Crippen molar-refractivity contribution >= 4 is 55.1 Å². The Kier molecular flexibility index (Phi) is 4.66. The maximum absolute atomic E-state index is 13.0. The summed E-state index contributed by atoms with van der Waals surface area (Å²) in [4.78, 5) is 24.3. The number of hydrogen-bond donors (Lipinski definition) is 0. The molecule has 1 amide bonds. The van der Waals surface area contributed by atoms with E-state index in [-0.39, 0.29) is 11.9 Å². The number of nitrogens with zero attached hydrogens (tertiary/aromatic N) is 3. The molecule has 2 aromatic heterocycles. The highest BCUT2D eigenvalue weighted by Gasteiger charge is 2.29. The summed E-state index contributed by atoms with van der Waals surface area (Å²) in [6, 6.07) is 16.3. The van der Waals surface area contributed by atoms with E-state index in [1.165, 1.54) is 4.70 Å². The van der Waals surface area contributed by atoms with E-state index in [0.717, 1.165) is 51.6 Å². The van der Waals surface area contributed by atoms with Gasteiger partial charge >= 0.3 is 0 Å². The summed E-state index contributed by atoms with van der Waals surface area (Å²) in [5.74, 6) is 0.0446. The molecule has 0 N–H and O–H groups in total. The van der Waals surface area contributed by atoms with Crippen molar-refractivity contribution in [3.63, 3.8) is 0 Å². The van der Waals surface area contributed by atoms with E-state index in [0.29, 0.717) is 0 Å². The first-order valence-corrected chi connectivity index (χ1v) is 11.1. The number of fused-ring (bicyclic) bond motifs is 2. The highest BCUT2D eigenvalue weighted by atomic mass is 32.1. The fourth-order valence-corrected chi connectivity index (χ4v) is 5.67. The Morgan fingerprint density at radius 2 is 1.68 bits per heavy atom. The Balaban J connectivity index is 1.40. The number of likely N-dealkylation sites (tertiary alicyclic amines) is 1. The zero-order valence-electron chi connectivity index (χ0n) is 15.2. The van der Waals surface area contributed by atoms with Crippen molar-refractivity contribution in [2.45, 2.75) is 25.3 Å². The first kappa shape index (κ1) is 17.5. The predicted octanol–water partition coefficient (Wildman–Crippen LogP) is 5.67. The maximum atomic E-state index is 13.0. The lowest BCUT2D eigenvalue weighted by Crippen LogP contribution is -2.37. The van der Waals surface area contributed by atoms with E-state index < -0.39 is 0 Å². The molecule has 1 aliphatic heterocycles. The second-order valence-corrected chi connectivity index (χ2v) is 9.04. The summed E-state index contributed by atoms with van der Waals surface area (Å²) in [6.45, 7) is 0.781. The normalized spacial score (nSPS) is 17.7. The predicted molar refractivity (Wildman–Crippen MR) is 117 cm³/mol. The number of carbonyl (C=O) groups is 1. The number of thiazole rings is 2. The molecular formula is C22H19N3OS2. The molecule has 0 bridgehead atoms. The van der Waals surface area contributed by atoms with Crippen LogP contribution in [0.4, 0.5) is 0 Å². The topological polar surface area (TPSA) is 46.1 Å². The molecule has 1 fully saturated rings. The van der Waals surface area contributed by atoms with Crippen LogP contribution in [0.15, 0.2) is 54.6 Å². The average Bonchev–Trinajstić information content (AvgIpc) is 3.35. The lowest BCUT2D eigenvalue weighted by molar-refractivity contribution is -0.129. The molecule has 4 aromatic rings. The summed E-state index contributed by atoms with van der Waals surface area (Å²) in [6.07, 6.45) is 6.66. The van der Waals surface area contributed by atoms with Gasteiger partial charge in [-0.25, -0.2) is 9.97 Å². The molecule has 0 spiro atoms. The summed E-state index contributed by atoms with van der Waals surface area (Å²) in [7, 11) is 0. The fourth-order valence-electron chi connectivity index (χ4n) is 3.68. The molecule has 28 heavy (non-hydrogen) atoms. The van der Waals surface area contributed by atoms with Gasteiger partial charge in [0.25, 0.3) is 0 Å². The maximum Gasteiger partial charge on any atom is 0.247 e. The Bertz CT molecular complexity index is 1110. The SMILES string of the molecule is O=C(C=Cc1nc2ccccc2s1)N1CCCCC1c1nc2ccccc2s1. The molecular weight excluding hydrogens is 386 g/mol. The first-order chi connectivity index (χ1) is 13.8. The zero-order chi connectivity index (χ0) is 18.9. The van der Waals surface area contributed by atoms with Crippen LogP contribution in [-0.2, 0) is 4.79 Å². The minimum absolute atomic E-state index is 0.0446. The van der Waals surface area contributed by atoms with E-state index >= 15 is 0 Å². The lowest BCUT2D eigenvalue weighted by atomic mass is 10.0. The number of piperidine rings is 1. The van der Waals surface area contributed by atoms with E-state index in [2.05, 4.69) is 17.1 Å². The highest BCUT2D eigenvalue weighted by molar-refractivity contribution is 7.19. The van der Waals surface area contributed by atoms with Crippen LogP contribution in [0.3, 0.4) is 0 Å². The zero-order valence-corrected chi connectivity index (χ0v) is 16.9. The lowest BCUT2D eigenvalue weighted by Gasteiger charge is -2.33. The number of amides is 1. The van der Waals surface area contributed by atoms with Crippen molar-refractivity contribution in [2.75, 3.05) is 6.54 Å². The standard InChI is InChI=1S/C22H19N3OS2/c26-21(13-12-20-23-15-7-1-3-10-18(15)27-20)25-14-6-5-9-17(25)22-24-16-8-2-4-11-19(16)28-22/h1-4,7-8,10-13,17H,5-6,9,14H2. The third-order valence-corrected chi connectivity index (χ3v) is 7.20. The third kappa shape index (κ3) is 3.34. The van der Waals surface area contributed by atoms with Crippen molar-refractivity contribution < 1.29 is 4.79 Å². The molecule has 1 unspecified atom stereocenters. The second-order valence-electron chi connectivity index (χ2n) is 6.92. The minimum atomic E-state index is 0.0446. The summed E-state index contributed by atoms with van der Waals surface area (Å²) >= 11 is 3.31. The van der Waals surface area contributed by atoms with Gasteiger partial charge in [0.15, 0.2) is 0 Å². The van der Waals surface area contributed by atoms with Gasteiger partial charge in [-0.05, 0) is 49.6 Å². The number of carbonyl (C=O) groups excluding carboxylic acids is 1. The Labute approximate surface area is 171 Å². The first-order valence-electron chi connectivity index (χ1n) is 9.48. The van der Waals surface area contributed by atoms with Crippen LogP contribution in [0, 0.1) is 0 Å². The molecule has 3 heterocycles. The van der Waals surface area contributed by atoms with Gasteiger partial charge in [0.1, 0.15) is 10.0 Å². The van der Waals surface area contributed by atoms with Crippen LogP contribution in [0.1, 0.15) is 35.3 Å². The van der Waals surface area contributed by atoms with Gasteiger partial charge in [0.05, 0.1) is 26.5 Å². The highest BCUT2D eigenvalue weighted by Crippen LogP contribution is 2.35. The van der Waals surface area contributed by atoms with Crippen LogP contribution in [0.25, 0.3) is 26.5 Å². The molecule has 0 radical (unpaired) electrons. The van der Waals surface area contributed by atoms with Crippen molar-refractivity contribution in [3.8, 4) is 0 Å². The number of para-hydroxylation sites is 2. The smallest absolute Gasteiger partial charge is 0.247 e. The molecule has 140 valence electrons. The van der Waals surface area contributed by atoms with Gasteiger partial charge in [-0.2, -0.15) is 0 Å².